The predicted molar refractivity (Wildman–Crippen MR) is 59.0 cm³/mol. The third-order valence-electron chi connectivity index (χ3n) is 2.12. The first kappa shape index (κ1) is 12.1. The van der Waals surface area contributed by atoms with Crippen molar-refractivity contribution in [3.63, 3.8) is 0 Å². The van der Waals surface area contributed by atoms with Crippen molar-refractivity contribution < 1.29 is 0 Å². The van der Waals surface area contributed by atoms with Crippen molar-refractivity contribution >= 4 is 11.8 Å². The monoisotopic (exact) mass is 196 g/mol. The van der Waals surface area contributed by atoms with E-state index in [0.717, 1.165) is 12.0 Å². The van der Waals surface area contributed by atoms with Crippen molar-refractivity contribution in [3.05, 3.63) is 21.7 Å². The van der Waals surface area contributed by atoms with Gasteiger partial charge in [0.15, 0.2) is 0 Å². The number of nitrogens with two attached hydrogens (primary N) is 1. The molecule has 0 aromatic heterocycles. The Bertz CT molecular complexity index is 282. The Kier molecular flexibility index (Phi) is 5.33. The minimum atomic E-state index is 0.604. The van der Waals surface area contributed by atoms with Crippen LogP contribution in [-0.4, -0.2) is 6.26 Å². The van der Waals surface area contributed by atoms with Gasteiger partial charge in [-0.3, -0.25) is 0 Å². The van der Waals surface area contributed by atoms with Crippen molar-refractivity contribution in [1.29, 1.82) is 5.26 Å². The summed E-state index contributed by atoms with van der Waals surface area (Å²) in [5.41, 5.74) is 8.55. The zero-order chi connectivity index (χ0) is 10.4. The first-order valence-corrected chi connectivity index (χ1v) is 5.41. The Balaban J connectivity index is 5.16. The number of rotatable bonds is 3. The minimum Gasteiger partial charge on any atom is -0.392 e. The zero-order valence-electron chi connectivity index (χ0n) is 8.64. The molecule has 0 amide bonds. The molecule has 0 aromatic rings. The number of allylic oxidation sites excluding steroid dienone is 3. The van der Waals surface area contributed by atoms with Crippen LogP contribution in [0.5, 0.6) is 0 Å². The first-order valence-electron chi connectivity index (χ1n) is 4.19. The molecule has 0 radical (unpaired) electrons. The fourth-order valence-electron chi connectivity index (χ4n) is 0.904. The third kappa shape index (κ3) is 3.16. The lowest BCUT2D eigenvalue weighted by Crippen LogP contribution is -1.99. The number of nitrogens with zero attached hydrogens (tertiary/aromatic N) is 1. The summed E-state index contributed by atoms with van der Waals surface area (Å²) in [5.74, 6) is 0. The van der Waals surface area contributed by atoms with Crippen LogP contribution in [-0.2, 0) is 0 Å². The van der Waals surface area contributed by atoms with Gasteiger partial charge in [0, 0.05) is 0 Å². The largest absolute Gasteiger partial charge is 0.392 e. The number of hydrogen-bond donors (Lipinski definition) is 1. The van der Waals surface area contributed by atoms with Gasteiger partial charge < -0.3 is 5.73 Å². The Morgan fingerprint density at radius 1 is 1.46 bits per heavy atom. The van der Waals surface area contributed by atoms with Crippen molar-refractivity contribution in [1.82, 2.24) is 0 Å². The van der Waals surface area contributed by atoms with Crippen molar-refractivity contribution in [2.45, 2.75) is 27.2 Å². The summed E-state index contributed by atoms with van der Waals surface area (Å²) >= 11 is 1.41. The van der Waals surface area contributed by atoms with Gasteiger partial charge in [-0.05, 0) is 32.1 Å². The molecule has 72 valence electrons. The molecule has 2 nitrogen and oxygen atoms in total. The highest BCUT2D eigenvalue weighted by Crippen LogP contribution is 2.21. The highest BCUT2D eigenvalue weighted by atomic mass is 32.2. The van der Waals surface area contributed by atoms with Gasteiger partial charge in [-0.1, -0.05) is 12.5 Å². The van der Waals surface area contributed by atoms with Gasteiger partial charge in [0.25, 0.3) is 0 Å². The Labute approximate surface area is 84.5 Å². The van der Waals surface area contributed by atoms with Crippen LogP contribution in [0, 0.1) is 11.3 Å². The molecule has 0 spiro atoms. The molecule has 0 saturated carbocycles. The molecule has 0 unspecified atom stereocenters. The van der Waals surface area contributed by atoms with Gasteiger partial charge in [0.2, 0.25) is 0 Å². The van der Waals surface area contributed by atoms with Crippen LogP contribution >= 0.6 is 11.8 Å². The molecule has 0 aliphatic rings. The highest BCUT2D eigenvalue weighted by molar-refractivity contribution is 8.02. The van der Waals surface area contributed by atoms with E-state index in [1.54, 1.807) is 0 Å². The maximum absolute atomic E-state index is 8.91. The lowest BCUT2D eigenvalue weighted by Gasteiger charge is -2.06. The molecule has 0 heterocycles. The standard InChI is InChI=1S/C10H16N2S/c1-5-7(2)8(3)9(6-11)10(12)13-4/h5,12H2,1-4H3/b8-7+,10-9-. The van der Waals surface area contributed by atoms with E-state index < -0.39 is 0 Å². The maximum atomic E-state index is 8.91. The van der Waals surface area contributed by atoms with Crippen LogP contribution in [0.15, 0.2) is 21.7 Å². The smallest absolute Gasteiger partial charge is 0.102 e. The Hall–Kier alpha value is -0.880. The quantitative estimate of drug-likeness (QED) is 0.558. The van der Waals surface area contributed by atoms with Crippen molar-refractivity contribution in [3.8, 4) is 6.07 Å². The van der Waals surface area contributed by atoms with E-state index in [-0.39, 0.29) is 0 Å². The molecule has 0 atom stereocenters. The van der Waals surface area contributed by atoms with E-state index in [2.05, 4.69) is 13.0 Å². The van der Waals surface area contributed by atoms with E-state index in [0.29, 0.717) is 10.6 Å². The lowest BCUT2D eigenvalue weighted by atomic mass is 10.0. The van der Waals surface area contributed by atoms with E-state index in [1.165, 1.54) is 17.3 Å². The fraction of sp³-hybridized carbons (Fsp3) is 0.500. The molecular weight excluding hydrogens is 180 g/mol. The fourth-order valence-corrected chi connectivity index (χ4v) is 1.31. The second-order valence-electron chi connectivity index (χ2n) is 2.81. The second-order valence-corrected chi connectivity index (χ2v) is 3.66. The number of nitriles is 1. The summed E-state index contributed by atoms with van der Waals surface area (Å²) in [6.45, 7) is 6.05. The molecule has 2 N–H and O–H groups in total. The molecular formula is C10H16N2S. The molecule has 0 rings (SSSR count). The van der Waals surface area contributed by atoms with Gasteiger partial charge >= 0.3 is 0 Å². The summed E-state index contributed by atoms with van der Waals surface area (Å²) in [7, 11) is 0. The average Bonchev–Trinajstić information content (AvgIpc) is 2.17. The number of thioether (sulfide) groups is 1. The van der Waals surface area contributed by atoms with E-state index in [4.69, 9.17) is 11.0 Å². The summed E-state index contributed by atoms with van der Waals surface area (Å²) in [4.78, 5) is 0. The summed E-state index contributed by atoms with van der Waals surface area (Å²) in [5, 5.41) is 9.51. The van der Waals surface area contributed by atoms with Crippen LogP contribution < -0.4 is 5.73 Å². The van der Waals surface area contributed by atoms with Gasteiger partial charge in [-0.2, -0.15) is 5.26 Å². The van der Waals surface area contributed by atoms with Crippen LogP contribution in [0.25, 0.3) is 0 Å². The molecule has 0 saturated heterocycles. The summed E-state index contributed by atoms with van der Waals surface area (Å²) in [6, 6.07) is 2.14. The molecule has 3 heteroatoms. The molecule has 0 aromatic carbocycles. The maximum Gasteiger partial charge on any atom is 0.102 e. The van der Waals surface area contributed by atoms with E-state index in [9.17, 15) is 0 Å². The highest BCUT2D eigenvalue weighted by Gasteiger charge is 2.06. The number of hydrogen-bond acceptors (Lipinski definition) is 3. The molecule has 13 heavy (non-hydrogen) atoms. The normalized spacial score (nSPS) is 14.4. The average molecular weight is 196 g/mol. The van der Waals surface area contributed by atoms with Crippen molar-refractivity contribution in [2.75, 3.05) is 6.26 Å². The van der Waals surface area contributed by atoms with E-state index in [1.807, 2.05) is 20.1 Å². The van der Waals surface area contributed by atoms with Gasteiger partial charge in [-0.25, -0.2) is 0 Å². The summed E-state index contributed by atoms with van der Waals surface area (Å²) < 4.78 is 0. The van der Waals surface area contributed by atoms with Gasteiger partial charge in [-0.15, -0.1) is 11.8 Å². The predicted octanol–water partition coefficient (Wildman–Crippen LogP) is 2.79. The van der Waals surface area contributed by atoms with Crippen molar-refractivity contribution in [2.24, 2.45) is 5.73 Å². The van der Waals surface area contributed by atoms with Gasteiger partial charge in [0.05, 0.1) is 10.6 Å². The van der Waals surface area contributed by atoms with Crippen LogP contribution in [0.1, 0.15) is 27.2 Å². The molecule has 0 aliphatic heterocycles. The third-order valence-corrected chi connectivity index (χ3v) is 2.77. The lowest BCUT2D eigenvalue weighted by molar-refractivity contribution is 1.06. The Morgan fingerprint density at radius 3 is 2.31 bits per heavy atom. The summed E-state index contributed by atoms with van der Waals surface area (Å²) in [6.07, 6.45) is 2.83. The topological polar surface area (TPSA) is 49.8 Å². The van der Waals surface area contributed by atoms with E-state index >= 15 is 0 Å². The van der Waals surface area contributed by atoms with Crippen LogP contribution in [0.2, 0.25) is 0 Å². The van der Waals surface area contributed by atoms with Crippen LogP contribution in [0.4, 0.5) is 0 Å². The molecule has 0 fully saturated rings. The molecule has 0 aliphatic carbocycles. The molecule has 0 bridgehead atoms. The minimum absolute atomic E-state index is 0.604. The SMILES string of the molecule is CC/C(C)=C(C)/C(C#N)=C(/N)SC. The Morgan fingerprint density at radius 2 is 2.00 bits per heavy atom. The second kappa shape index (κ2) is 5.71. The zero-order valence-corrected chi connectivity index (χ0v) is 9.46. The van der Waals surface area contributed by atoms with Gasteiger partial charge in [0.1, 0.15) is 6.07 Å². The first-order chi connectivity index (χ1) is 6.08. The van der Waals surface area contributed by atoms with Crippen LogP contribution in [0.3, 0.4) is 0 Å².